The molecule has 0 saturated carbocycles. The van der Waals surface area contributed by atoms with E-state index in [4.69, 9.17) is 14.2 Å². The van der Waals surface area contributed by atoms with E-state index < -0.39 is 30.4 Å². The number of aromatic nitrogens is 2. The number of rotatable bonds is 9. The van der Waals surface area contributed by atoms with Gasteiger partial charge in [-0.2, -0.15) is 0 Å². The summed E-state index contributed by atoms with van der Waals surface area (Å²) in [7, 11) is 1.67. The number of carbonyl (C=O) groups is 4. The van der Waals surface area contributed by atoms with Crippen molar-refractivity contribution in [3.05, 3.63) is 42.2 Å². The van der Waals surface area contributed by atoms with Gasteiger partial charge in [0.15, 0.2) is 6.61 Å². The molecule has 0 aliphatic carbocycles. The summed E-state index contributed by atoms with van der Waals surface area (Å²) in [5, 5.41) is 2.48. The Morgan fingerprint density at radius 2 is 1.68 bits per heavy atom. The zero-order valence-corrected chi connectivity index (χ0v) is 24.2. The minimum Gasteiger partial charge on any atom is -0.463 e. The molecule has 1 aliphatic rings. The quantitative estimate of drug-likeness (QED) is 0.353. The molecular formula is C28H38N6O7. The molecule has 13 heteroatoms. The Morgan fingerprint density at radius 1 is 1.00 bits per heavy atom. The number of nitrogens with one attached hydrogen (secondary N) is 1. The number of alkyl carbamates (subject to hydrolysis) is 1. The number of benzene rings is 1. The van der Waals surface area contributed by atoms with Gasteiger partial charge in [0.2, 0.25) is 11.9 Å². The number of piperazine rings is 1. The molecule has 3 amide bonds. The lowest BCUT2D eigenvalue weighted by Gasteiger charge is -2.33. The topological polar surface area (TPSA) is 144 Å². The van der Waals surface area contributed by atoms with Crippen molar-refractivity contribution in [2.45, 2.75) is 39.8 Å². The fraction of sp³-hybridized carbons (Fsp3) is 0.500. The summed E-state index contributed by atoms with van der Waals surface area (Å²) in [5.74, 6) is -0.278. The van der Waals surface area contributed by atoms with Crippen LogP contribution in [0.5, 0.6) is 0 Å². The van der Waals surface area contributed by atoms with Crippen LogP contribution >= 0.6 is 0 Å². The monoisotopic (exact) mass is 570 g/mol. The van der Waals surface area contributed by atoms with E-state index in [2.05, 4.69) is 15.3 Å². The van der Waals surface area contributed by atoms with Crippen LogP contribution in [0.15, 0.2) is 36.7 Å². The predicted molar refractivity (Wildman–Crippen MR) is 150 cm³/mol. The van der Waals surface area contributed by atoms with Crippen molar-refractivity contribution >= 4 is 30.0 Å². The summed E-state index contributed by atoms with van der Waals surface area (Å²) in [6, 6.07) is 7.72. The highest BCUT2D eigenvalue weighted by Crippen LogP contribution is 2.21. The van der Waals surface area contributed by atoms with E-state index in [1.165, 1.54) is 9.80 Å². The van der Waals surface area contributed by atoms with Crippen LogP contribution in [0.25, 0.3) is 11.1 Å². The molecule has 1 N–H and O–H groups in total. The molecule has 0 bridgehead atoms. The smallest absolute Gasteiger partial charge is 0.410 e. The Kier molecular flexibility index (Phi) is 10.8. The maximum atomic E-state index is 12.5. The van der Waals surface area contributed by atoms with E-state index in [1.807, 2.05) is 29.2 Å². The third-order valence-electron chi connectivity index (χ3n) is 5.97. The van der Waals surface area contributed by atoms with Gasteiger partial charge in [0.25, 0.3) is 0 Å². The number of hydrogen-bond donors (Lipinski definition) is 1. The zero-order chi connectivity index (χ0) is 30.0. The van der Waals surface area contributed by atoms with Crippen molar-refractivity contribution in [3.63, 3.8) is 0 Å². The molecular weight excluding hydrogens is 532 g/mol. The Hall–Kier alpha value is -4.42. The molecule has 0 radical (unpaired) electrons. The summed E-state index contributed by atoms with van der Waals surface area (Å²) in [5.41, 5.74) is 1.98. The van der Waals surface area contributed by atoms with E-state index in [-0.39, 0.29) is 19.1 Å². The van der Waals surface area contributed by atoms with E-state index >= 15 is 0 Å². The zero-order valence-electron chi connectivity index (χ0n) is 24.2. The van der Waals surface area contributed by atoms with E-state index in [0.29, 0.717) is 38.7 Å². The summed E-state index contributed by atoms with van der Waals surface area (Å²) in [4.78, 5) is 62.0. The third-order valence-corrected chi connectivity index (χ3v) is 5.97. The number of nitrogens with zero attached hydrogens (tertiary/aromatic N) is 5. The SMILES string of the molecule is CCOC(=O)COC(=O)N1CCN(c2ncc(-c3cccc(CN(C)C(=O)CNC(=O)OC(C)(C)C)c3)cn2)CC1. The number of carbonyl (C=O) groups excluding carboxylic acids is 4. The largest absolute Gasteiger partial charge is 0.463 e. The molecule has 1 fully saturated rings. The molecule has 222 valence electrons. The molecule has 0 unspecified atom stereocenters. The highest BCUT2D eigenvalue weighted by atomic mass is 16.6. The molecule has 3 rings (SSSR count). The van der Waals surface area contributed by atoms with Crippen molar-refractivity contribution in [2.75, 3.05) is 57.9 Å². The van der Waals surface area contributed by atoms with Gasteiger partial charge in [-0.05, 0) is 44.9 Å². The van der Waals surface area contributed by atoms with Crippen molar-refractivity contribution < 1.29 is 33.4 Å². The first-order chi connectivity index (χ1) is 19.4. The van der Waals surface area contributed by atoms with Gasteiger partial charge in [-0.1, -0.05) is 18.2 Å². The average molecular weight is 571 g/mol. The second-order valence-electron chi connectivity index (χ2n) is 10.4. The maximum absolute atomic E-state index is 12.5. The molecule has 13 nitrogen and oxygen atoms in total. The van der Waals surface area contributed by atoms with Gasteiger partial charge >= 0.3 is 18.2 Å². The number of esters is 1. The molecule has 1 saturated heterocycles. The Morgan fingerprint density at radius 3 is 2.32 bits per heavy atom. The molecule has 41 heavy (non-hydrogen) atoms. The average Bonchev–Trinajstić information content (AvgIpc) is 2.94. The van der Waals surface area contributed by atoms with Crippen LogP contribution in [-0.2, 0) is 30.3 Å². The Balaban J connectivity index is 1.50. The van der Waals surface area contributed by atoms with Gasteiger partial charge in [-0.15, -0.1) is 0 Å². The van der Waals surface area contributed by atoms with Crippen LogP contribution < -0.4 is 10.2 Å². The summed E-state index contributed by atoms with van der Waals surface area (Å²) < 4.78 is 14.9. The highest BCUT2D eigenvalue weighted by Gasteiger charge is 2.24. The molecule has 0 spiro atoms. The lowest BCUT2D eigenvalue weighted by Crippen LogP contribution is -2.49. The van der Waals surface area contributed by atoms with E-state index in [1.54, 1.807) is 47.1 Å². The van der Waals surface area contributed by atoms with Crippen LogP contribution in [0.4, 0.5) is 15.5 Å². The van der Waals surface area contributed by atoms with Crippen molar-refractivity contribution in [3.8, 4) is 11.1 Å². The number of amides is 3. The van der Waals surface area contributed by atoms with Crippen molar-refractivity contribution in [1.29, 1.82) is 0 Å². The second-order valence-corrected chi connectivity index (χ2v) is 10.4. The number of anilines is 1. The Bertz CT molecular complexity index is 1210. The first-order valence-electron chi connectivity index (χ1n) is 13.4. The normalized spacial score (nSPS) is 13.3. The first kappa shape index (κ1) is 31.1. The fourth-order valence-electron chi connectivity index (χ4n) is 3.95. The highest BCUT2D eigenvalue weighted by molar-refractivity contribution is 5.82. The maximum Gasteiger partial charge on any atom is 0.410 e. The van der Waals surface area contributed by atoms with Gasteiger partial charge in [0.05, 0.1) is 6.61 Å². The van der Waals surface area contributed by atoms with Crippen molar-refractivity contribution in [2.24, 2.45) is 0 Å². The molecule has 2 aromatic rings. The summed E-state index contributed by atoms with van der Waals surface area (Å²) >= 11 is 0. The standard InChI is InChI=1S/C28H38N6O7/c1-6-39-24(36)19-40-27(38)34-12-10-33(11-13-34)25-29-15-22(16-30-25)21-9-7-8-20(14-21)18-32(5)23(35)17-31-26(37)41-28(2,3)4/h7-9,14-16H,6,10-13,17-19H2,1-5H3,(H,31,37). The molecule has 1 aromatic heterocycles. The molecule has 1 aliphatic heterocycles. The fourth-order valence-corrected chi connectivity index (χ4v) is 3.95. The van der Waals surface area contributed by atoms with Gasteiger partial charge in [0, 0.05) is 57.7 Å². The lowest BCUT2D eigenvalue weighted by molar-refractivity contribution is -0.146. The molecule has 1 aromatic carbocycles. The first-order valence-corrected chi connectivity index (χ1v) is 13.4. The van der Waals surface area contributed by atoms with Gasteiger partial charge in [-0.3, -0.25) is 4.79 Å². The minimum atomic E-state index is -0.639. The summed E-state index contributed by atoms with van der Waals surface area (Å²) in [6.07, 6.45) is 2.28. The third kappa shape index (κ3) is 9.92. The van der Waals surface area contributed by atoms with E-state index in [9.17, 15) is 19.2 Å². The van der Waals surface area contributed by atoms with Gasteiger partial charge < -0.3 is 34.2 Å². The Labute approximate surface area is 239 Å². The number of hydrogen-bond acceptors (Lipinski definition) is 10. The summed E-state index contributed by atoms with van der Waals surface area (Å²) in [6.45, 7) is 8.83. The molecule has 0 atom stereocenters. The van der Waals surface area contributed by atoms with Gasteiger partial charge in [-0.25, -0.2) is 24.4 Å². The van der Waals surface area contributed by atoms with Crippen LogP contribution in [-0.4, -0.2) is 102 Å². The van der Waals surface area contributed by atoms with Crippen LogP contribution in [0.1, 0.15) is 33.3 Å². The van der Waals surface area contributed by atoms with Crippen LogP contribution in [0, 0.1) is 0 Å². The number of ether oxygens (including phenoxy) is 3. The van der Waals surface area contributed by atoms with Crippen molar-refractivity contribution in [1.82, 2.24) is 25.1 Å². The van der Waals surface area contributed by atoms with Gasteiger partial charge in [0.1, 0.15) is 12.1 Å². The van der Waals surface area contributed by atoms with Crippen LogP contribution in [0.2, 0.25) is 0 Å². The predicted octanol–water partition coefficient (Wildman–Crippen LogP) is 2.45. The molecule has 2 heterocycles. The lowest BCUT2D eigenvalue weighted by atomic mass is 10.1. The van der Waals surface area contributed by atoms with Crippen LogP contribution in [0.3, 0.4) is 0 Å². The minimum absolute atomic E-state index is 0.163. The number of likely N-dealkylation sites (N-methyl/N-ethyl adjacent to an activating group) is 1. The second kappa shape index (κ2) is 14.3. The van der Waals surface area contributed by atoms with E-state index in [0.717, 1.165) is 16.7 Å².